The Morgan fingerprint density at radius 2 is 1.76 bits per heavy atom. The fraction of sp³-hybridized carbons (Fsp3) is 0.447. The van der Waals surface area contributed by atoms with Crippen LogP contribution >= 0.6 is 0 Å². The Kier molecular flexibility index (Phi) is 10.6. The number of hydrogen-bond donors (Lipinski definition) is 3. The van der Waals surface area contributed by atoms with Gasteiger partial charge in [0.2, 0.25) is 17.7 Å². The van der Waals surface area contributed by atoms with Crippen molar-refractivity contribution >= 4 is 40.0 Å². The third-order valence-corrected chi connectivity index (χ3v) is 10.9. The molecular formula is C38H42F4N8O5. The lowest BCUT2D eigenvalue weighted by molar-refractivity contribution is -0.275. The zero-order chi connectivity index (χ0) is 39.0. The number of alkyl halides is 3. The third-order valence-electron chi connectivity index (χ3n) is 10.9. The number of aryl methyl sites for hydroxylation is 1. The lowest BCUT2D eigenvalue weighted by atomic mass is 9.93. The quantitative estimate of drug-likeness (QED) is 0.166. The molecule has 3 saturated heterocycles. The number of hydrogen-bond acceptors (Lipinski definition) is 9. The molecule has 0 bridgehead atoms. The summed E-state index contributed by atoms with van der Waals surface area (Å²) in [7, 11) is 3.36. The van der Waals surface area contributed by atoms with E-state index in [2.05, 4.69) is 25.6 Å². The highest BCUT2D eigenvalue weighted by Gasteiger charge is 2.35. The Hall–Kier alpha value is -5.45. The van der Waals surface area contributed by atoms with Crippen LogP contribution in [0.25, 0.3) is 22.0 Å². The number of pyridine rings is 1. The van der Waals surface area contributed by atoms with Crippen LogP contribution in [-0.4, -0.2) is 94.0 Å². The molecule has 55 heavy (non-hydrogen) atoms. The number of aromatic amines is 1. The van der Waals surface area contributed by atoms with Crippen molar-refractivity contribution < 1.29 is 36.7 Å². The first kappa shape index (κ1) is 37.8. The van der Waals surface area contributed by atoms with E-state index < -0.39 is 24.1 Å². The van der Waals surface area contributed by atoms with Gasteiger partial charge in [-0.05, 0) is 61.9 Å². The number of ether oxygens (including phenoxy) is 1. The van der Waals surface area contributed by atoms with Gasteiger partial charge in [0.15, 0.2) is 0 Å². The van der Waals surface area contributed by atoms with Crippen molar-refractivity contribution in [2.45, 2.75) is 63.5 Å². The molecule has 292 valence electrons. The molecule has 3 aliphatic heterocycles. The number of halogens is 4. The number of benzene rings is 2. The van der Waals surface area contributed by atoms with Crippen LogP contribution in [0, 0.1) is 11.7 Å². The standard InChI is InChI=1S/C38H42F4N8O5/c1-47-21-28(27-19-43-46-34(27)37(47)54)23-3-4-24(32(17-23)55-38(40,41)42)20-49-13-11-26(12-14-49)48(2)36(53)22-9-15-50(16-10-22)31-7-5-25(18-29(31)39)44-30-6-8-33(51)45-35(30)52/h3-5,7,17-19,21-22,26,30,44H,6,8-16,20H2,1-2H3,(H,43,46)(H,45,51,52). The van der Waals surface area contributed by atoms with Gasteiger partial charge >= 0.3 is 6.36 Å². The average Bonchev–Trinajstić information content (AvgIpc) is 3.65. The number of nitrogens with zero attached hydrogens (tertiary/aromatic N) is 5. The Morgan fingerprint density at radius 3 is 2.45 bits per heavy atom. The maximum Gasteiger partial charge on any atom is 0.573 e. The monoisotopic (exact) mass is 766 g/mol. The lowest BCUT2D eigenvalue weighted by Crippen LogP contribution is -2.49. The highest BCUT2D eigenvalue weighted by molar-refractivity contribution is 6.01. The Labute approximate surface area is 313 Å². The molecule has 4 aromatic rings. The van der Waals surface area contributed by atoms with Crippen molar-refractivity contribution in [1.82, 2.24) is 29.9 Å². The Morgan fingerprint density at radius 1 is 1.02 bits per heavy atom. The molecule has 0 saturated carbocycles. The van der Waals surface area contributed by atoms with Crippen LogP contribution in [0.15, 0.2) is 53.6 Å². The number of fused-ring (bicyclic) bond motifs is 1. The number of H-pyrrole nitrogens is 1. The van der Waals surface area contributed by atoms with Gasteiger partial charge in [0.1, 0.15) is 23.1 Å². The molecule has 5 heterocycles. The third kappa shape index (κ3) is 8.30. The topological polar surface area (TPSA) is 145 Å². The highest BCUT2D eigenvalue weighted by atomic mass is 19.4. The molecule has 0 spiro atoms. The SMILES string of the molecule is CN(C(=O)C1CCN(c2ccc(NC3CCC(=O)NC3=O)cc2F)CC1)C1CCN(Cc2ccc(-c3cn(C)c(=O)c4[nH]ncc34)cc2OC(F)(F)F)CC1. The maximum atomic E-state index is 15.2. The molecule has 3 fully saturated rings. The Bertz CT molecular complexity index is 2150. The van der Waals surface area contributed by atoms with E-state index in [0.717, 1.165) is 0 Å². The molecule has 7 rings (SSSR count). The summed E-state index contributed by atoms with van der Waals surface area (Å²) in [6.45, 7) is 2.34. The van der Waals surface area contributed by atoms with Gasteiger partial charge in [0.05, 0.1) is 11.9 Å². The summed E-state index contributed by atoms with van der Waals surface area (Å²) in [5.74, 6) is -1.71. The van der Waals surface area contributed by atoms with Gasteiger partial charge in [-0.25, -0.2) is 4.39 Å². The number of piperidine rings is 3. The molecule has 3 amide bonds. The summed E-state index contributed by atoms with van der Waals surface area (Å²) in [5, 5.41) is 12.4. The number of likely N-dealkylation sites (tertiary alicyclic amines) is 1. The van der Waals surface area contributed by atoms with Gasteiger partial charge < -0.3 is 24.4 Å². The van der Waals surface area contributed by atoms with Crippen LogP contribution in [0.5, 0.6) is 5.75 Å². The number of anilines is 2. The van der Waals surface area contributed by atoms with Crippen molar-refractivity contribution in [3.8, 4) is 16.9 Å². The molecule has 1 atom stereocenters. The van der Waals surface area contributed by atoms with E-state index in [0.29, 0.717) is 91.7 Å². The van der Waals surface area contributed by atoms with Gasteiger partial charge in [0, 0.05) is 93.6 Å². The van der Waals surface area contributed by atoms with Crippen LogP contribution in [-0.2, 0) is 28.0 Å². The lowest BCUT2D eigenvalue weighted by Gasteiger charge is -2.40. The van der Waals surface area contributed by atoms with E-state index in [9.17, 15) is 32.3 Å². The second kappa shape index (κ2) is 15.4. The smallest absolute Gasteiger partial charge is 0.405 e. The first-order valence-electron chi connectivity index (χ1n) is 18.3. The van der Waals surface area contributed by atoms with Gasteiger partial charge in [-0.15, -0.1) is 13.2 Å². The Balaban J connectivity index is 0.930. The fourth-order valence-electron chi connectivity index (χ4n) is 7.88. The van der Waals surface area contributed by atoms with Crippen LogP contribution in [0.1, 0.15) is 44.1 Å². The van der Waals surface area contributed by atoms with E-state index >= 15 is 4.39 Å². The van der Waals surface area contributed by atoms with Gasteiger partial charge in [-0.1, -0.05) is 12.1 Å². The molecular weight excluding hydrogens is 724 g/mol. The predicted molar refractivity (Wildman–Crippen MR) is 196 cm³/mol. The molecule has 0 radical (unpaired) electrons. The molecule has 3 N–H and O–H groups in total. The second-order valence-electron chi connectivity index (χ2n) is 14.5. The van der Waals surface area contributed by atoms with Gasteiger partial charge in [-0.3, -0.25) is 34.5 Å². The van der Waals surface area contributed by atoms with E-state index in [4.69, 9.17) is 0 Å². The van der Waals surface area contributed by atoms with E-state index in [1.807, 2.05) is 9.80 Å². The molecule has 1 unspecified atom stereocenters. The van der Waals surface area contributed by atoms with Crippen molar-refractivity contribution in [2.24, 2.45) is 13.0 Å². The maximum absolute atomic E-state index is 15.2. The van der Waals surface area contributed by atoms with Crippen LogP contribution in [0.2, 0.25) is 0 Å². The molecule has 0 aliphatic carbocycles. The molecule has 13 nitrogen and oxygen atoms in total. The summed E-state index contributed by atoms with van der Waals surface area (Å²) >= 11 is 0. The minimum Gasteiger partial charge on any atom is -0.405 e. The van der Waals surface area contributed by atoms with Crippen LogP contribution in [0.3, 0.4) is 0 Å². The first-order chi connectivity index (χ1) is 26.2. The van der Waals surface area contributed by atoms with Crippen molar-refractivity contribution in [1.29, 1.82) is 0 Å². The zero-order valence-electron chi connectivity index (χ0n) is 30.4. The number of carbonyl (C=O) groups excluding carboxylic acids is 3. The number of rotatable bonds is 9. The molecule has 3 aliphatic rings. The summed E-state index contributed by atoms with van der Waals surface area (Å²) < 4.78 is 61.8. The number of aromatic nitrogens is 3. The number of amides is 3. The predicted octanol–water partition coefficient (Wildman–Crippen LogP) is 4.52. The average molecular weight is 767 g/mol. The van der Waals surface area contributed by atoms with Gasteiger partial charge in [0.25, 0.3) is 5.56 Å². The summed E-state index contributed by atoms with van der Waals surface area (Å²) in [5.41, 5.74) is 2.14. The number of imide groups is 1. The highest BCUT2D eigenvalue weighted by Crippen LogP contribution is 2.35. The molecule has 17 heteroatoms. The minimum absolute atomic E-state index is 0.0287. The van der Waals surface area contributed by atoms with Crippen molar-refractivity contribution in [2.75, 3.05) is 43.4 Å². The fourth-order valence-corrected chi connectivity index (χ4v) is 7.88. The van der Waals surface area contributed by atoms with Crippen molar-refractivity contribution in [3.05, 3.63) is 70.5 Å². The van der Waals surface area contributed by atoms with Crippen molar-refractivity contribution in [3.63, 3.8) is 0 Å². The number of nitrogens with one attached hydrogen (secondary N) is 3. The van der Waals surface area contributed by atoms with Gasteiger partial charge in [-0.2, -0.15) is 5.10 Å². The van der Waals surface area contributed by atoms with Crippen LogP contribution in [0.4, 0.5) is 28.9 Å². The minimum atomic E-state index is -4.91. The van der Waals surface area contributed by atoms with E-state index in [1.165, 1.54) is 22.9 Å². The normalized spacial score (nSPS) is 19.1. The van der Waals surface area contributed by atoms with E-state index in [1.54, 1.807) is 49.5 Å². The second-order valence-corrected chi connectivity index (χ2v) is 14.5. The molecule has 2 aromatic heterocycles. The van der Waals surface area contributed by atoms with Crippen LogP contribution < -0.4 is 25.8 Å². The summed E-state index contributed by atoms with van der Waals surface area (Å²) in [6, 6.07) is 8.71. The summed E-state index contributed by atoms with van der Waals surface area (Å²) in [4.78, 5) is 55.3. The number of carbonyl (C=O) groups is 3. The van der Waals surface area contributed by atoms with E-state index in [-0.39, 0.29) is 53.6 Å². The largest absolute Gasteiger partial charge is 0.573 e. The summed E-state index contributed by atoms with van der Waals surface area (Å²) in [6.07, 6.45) is 1.07. The molecule has 2 aromatic carbocycles. The zero-order valence-corrected chi connectivity index (χ0v) is 30.4. The first-order valence-corrected chi connectivity index (χ1v) is 18.3.